The summed E-state index contributed by atoms with van der Waals surface area (Å²) in [5.41, 5.74) is 1.87. The molecule has 23 heavy (non-hydrogen) atoms. The number of nitro benzene ring substituents is 1. The van der Waals surface area contributed by atoms with Gasteiger partial charge in [0.25, 0.3) is 5.69 Å². The standard InChI is InChI=1S/C14H17N3O5S/c1-9-12(10(2)22-16-9)6-7-15-11-4-5-13(17(18)19)14(8-11)23(3,20)21/h4-5,8,15H,6-7H2,1-3H3. The molecular weight excluding hydrogens is 322 g/mol. The maximum Gasteiger partial charge on any atom is 0.288 e. The average molecular weight is 339 g/mol. The van der Waals surface area contributed by atoms with Crippen molar-refractivity contribution < 1.29 is 17.9 Å². The van der Waals surface area contributed by atoms with Gasteiger partial charge in [0.2, 0.25) is 0 Å². The van der Waals surface area contributed by atoms with Gasteiger partial charge >= 0.3 is 0 Å². The van der Waals surface area contributed by atoms with E-state index in [1.807, 2.05) is 13.8 Å². The van der Waals surface area contributed by atoms with E-state index in [0.717, 1.165) is 23.3 Å². The van der Waals surface area contributed by atoms with Crippen molar-refractivity contribution in [3.8, 4) is 0 Å². The molecule has 0 amide bonds. The summed E-state index contributed by atoms with van der Waals surface area (Å²) in [4.78, 5) is 9.92. The van der Waals surface area contributed by atoms with Crippen molar-refractivity contribution in [2.75, 3.05) is 18.1 Å². The zero-order chi connectivity index (χ0) is 17.2. The molecule has 0 fully saturated rings. The first-order valence-corrected chi connectivity index (χ1v) is 8.73. The molecule has 1 heterocycles. The molecule has 1 aromatic heterocycles. The minimum Gasteiger partial charge on any atom is -0.385 e. The minimum absolute atomic E-state index is 0.301. The number of aryl methyl sites for hydroxylation is 2. The Hall–Kier alpha value is -2.42. The van der Waals surface area contributed by atoms with E-state index in [0.29, 0.717) is 18.7 Å². The number of sulfone groups is 1. The van der Waals surface area contributed by atoms with Crippen molar-refractivity contribution in [1.29, 1.82) is 0 Å². The van der Waals surface area contributed by atoms with Crippen molar-refractivity contribution >= 4 is 21.2 Å². The lowest BCUT2D eigenvalue weighted by atomic mass is 10.1. The van der Waals surface area contributed by atoms with E-state index < -0.39 is 20.4 Å². The van der Waals surface area contributed by atoms with E-state index in [-0.39, 0.29) is 4.90 Å². The van der Waals surface area contributed by atoms with Gasteiger partial charge in [0.15, 0.2) is 9.84 Å². The third-order valence-corrected chi connectivity index (χ3v) is 4.57. The van der Waals surface area contributed by atoms with Crippen molar-refractivity contribution in [3.63, 3.8) is 0 Å². The number of hydrogen-bond acceptors (Lipinski definition) is 7. The summed E-state index contributed by atoms with van der Waals surface area (Å²) in [6, 6.07) is 3.95. The van der Waals surface area contributed by atoms with Crippen molar-refractivity contribution in [3.05, 3.63) is 45.3 Å². The highest BCUT2D eigenvalue weighted by Crippen LogP contribution is 2.27. The Balaban J connectivity index is 2.17. The summed E-state index contributed by atoms with van der Waals surface area (Å²) < 4.78 is 28.5. The van der Waals surface area contributed by atoms with Gasteiger partial charge in [-0.05, 0) is 32.4 Å². The summed E-state index contributed by atoms with van der Waals surface area (Å²) in [6.07, 6.45) is 1.59. The fraction of sp³-hybridized carbons (Fsp3) is 0.357. The van der Waals surface area contributed by atoms with Gasteiger partial charge in [-0.2, -0.15) is 0 Å². The van der Waals surface area contributed by atoms with E-state index in [1.165, 1.54) is 18.2 Å². The largest absolute Gasteiger partial charge is 0.385 e. The first-order chi connectivity index (χ1) is 10.7. The molecule has 0 aliphatic heterocycles. The Labute approximate surface area is 133 Å². The lowest BCUT2D eigenvalue weighted by Crippen LogP contribution is -2.08. The molecule has 1 N–H and O–H groups in total. The molecule has 2 aromatic rings. The van der Waals surface area contributed by atoms with Gasteiger partial charge in [0, 0.05) is 30.1 Å². The molecule has 0 unspecified atom stereocenters. The summed E-state index contributed by atoms with van der Waals surface area (Å²) in [5.74, 6) is 0.741. The molecule has 0 spiro atoms. The van der Waals surface area contributed by atoms with Crippen molar-refractivity contribution in [2.24, 2.45) is 0 Å². The van der Waals surface area contributed by atoms with Gasteiger partial charge in [-0.1, -0.05) is 5.16 Å². The quantitative estimate of drug-likeness (QED) is 0.634. The molecule has 0 saturated heterocycles. The number of hydrogen-bond donors (Lipinski definition) is 1. The molecule has 0 saturated carbocycles. The van der Waals surface area contributed by atoms with Gasteiger partial charge in [-0.25, -0.2) is 8.42 Å². The second-order valence-corrected chi connectivity index (χ2v) is 7.18. The third-order valence-electron chi connectivity index (χ3n) is 3.44. The van der Waals surface area contributed by atoms with E-state index in [4.69, 9.17) is 4.52 Å². The Morgan fingerprint density at radius 1 is 1.35 bits per heavy atom. The van der Waals surface area contributed by atoms with Crippen LogP contribution in [0.4, 0.5) is 11.4 Å². The molecule has 0 aliphatic rings. The molecule has 9 heteroatoms. The summed E-state index contributed by atoms with van der Waals surface area (Å²) >= 11 is 0. The predicted octanol–water partition coefficient (Wildman–Crippen LogP) is 2.26. The Kier molecular flexibility index (Phi) is 4.69. The first kappa shape index (κ1) is 16.9. The molecular formula is C14H17N3O5S. The number of benzene rings is 1. The molecule has 8 nitrogen and oxygen atoms in total. The topological polar surface area (TPSA) is 115 Å². The highest BCUT2D eigenvalue weighted by Gasteiger charge is 2.22. The lowest BCUT2D eigenvalue weighted by molar-refractivity contribution is -0.387. The van der Waals surface area contributed by atoms with Gasteiger partial charge in [0.05, 0.1) is 10.6 Å². The molecule has 0 bridgehead atoms. The zero-order valence-electron chi connectivity index (χ0n) is 13.0. The Morgan fingerprint density at radius 2 is 2.04 bits per heavy atom. The van der Waals surface area contributed by atoms with Crippen LogP contribution in [0.1, 0.15) is 17.0 Å². The van der Waals surface area contributed by atoms with Gasteiger partial charge < -0.3 is 9.84 Å². The highest BCUT2D eigenvalue weighted by molar-refractivity contribution is 7.90. The van der Waals surface area contributed by atoms with E-state index in [2.05, 4.69) is 10.5 Å². The van der Waals surface area contributed by atoms with Crippen LogP contribution in [0.25, 0.3) is 0 Å². The third kappa shape index (κ3) is 3.86. The predicted molar refractivity (Wildman–Crippen MR) is 84.4 cm³/mol. The zero-order valence-corrected chi connectivity index (χ0v) is 13.8. The van der Waals surface area contributed by atoms with Crippen LogP contribution in [0.5, 0.6) is 0 Å². The molecule has 0 atom stereocenters. The number of aromatic nitrogens is 1. The number of anilines is 1. The lowest BCUT2D eigenvalue weighted by Gasteiger charge is -2.08. The maximum absolute atomic E-state index is 11.7. The fourth-order valence-electron chi connectivity index (χ4n) is 2.26. The number of nitrogens with zero attached hydrogens (tertiary/aromatic N) is 2. The van der Waals surface area contributed by atoms with Crippen LogP contribution in [-0.4, -0.2) is 31.3 Å². The average Bonchev–Trinajstić information content (AvgIpc) is 2.77. The van der Waals surface area contributed by atoms with Crippen LogP contribution < -0.4 is 5.32 Å². The monoisotopic (exact) mass is 339 g/mol. The summed E-state index contributed by atoms with van der Waals surface area (Å²) in [7, 11) is -3.69. The SMILES string of the molecule is Cc1noc(C)c1CCNc1ccc([N+](=O)[O-])c(S(C)(=O)=O)c1. The second-order valence-electron chi connectivity index (χ2n) is 5.19. The molecule has 1 aromatic carbocycles. The van der Waals surface area contributed by atoms with Crippen LogP contribution >= 0.6 is 0 Å². The molecule has 124 valence electrons. The normalized spacial score (nSPS) is 11.4. The van der Waals surface area contributed by atoms with Crippen LogP contribution in [0.3, 0.4) is 0 Å². The molecule has 0 radical (unpaired) electrons. The van der Waals surface area contributed by atoms with Crippen molar-refractivity contribution in [1.82, 2.24) is 5.16 Å². The number of nitrogens with one attached hydrogen (secondary N) is 1. The number of rotatable bonds is 6. The molecule has 0 aliphatic carbocycles. The minimum atomic E-state index is -3.69. The van der Waals surface area contributed by atoms with E-state index in [9.17, 15) is 18.5 Å². The Morgan fingerprint density at radius 3 is 2.57 bits per heavy atom. The van der Waals surface area contributed by atoms with Crippen LogP contribution in [0.2, 0.25) is 0 Å². The van der Waals surface area contributed by atoms with E-state index >= 15 is 0 Å². The van der Waals surface area contributed by atoms with Gasteiger partial charge in [-0.15, -0.1) is 0 Å². The van der Waals surface area contributed by atoms with Crippen molar-refractivity contribution in [2.45, 2.75) is 25.2 Å². The maximum atomic E-state index is 11.7. The smallest absolute Gasteiger partial charge is 0.288 e. The first-order valence-electron chi connectivity index (χ1n) is 6.84. The fourth-order valence-corrected chi connectivity index (χ4v) is 3.13. The second kappa shape index (κ2) is 6.37. The highest BCUT2D eigenvalue weighted by atomic mass is 32.2. The van der Waals surface area contributed by atoms with Crippen LogP contribution in [-0.2, 0) is 16.3 Å². The Bertz CT molecular complexity index is 823. The van der Waals surface area contributed by atoms with Crippen LogP contribution in [0, 0.1) is 24.0 Å². The molecule has 2 rings (SSSR count). The van der Waals surface area contributed by atoms with Gasteiger partial charge in [-0.3, -0.25) is 10.1 Å². The van der Waals surface area contributed by atoms with Crippen LogP contribution in [0.15, 0.2) is 27.6 Å². The number of nitro groups is 1. The summed E-state index contributed by atoms with van der Waals surface area (Å²) in [5, 5.41) is 17.8. The van der Waals surface area contributed by atoms with E-state index in [1.54, 1.807) is 0 Å². The summed E-state index contributed by atoms with van der Waals surface area (Å²) in [6.45, 7) is 4.19. The van der Waals surface area contributed by atoms with Gasteiger partial charge in [0.1, 0.15) is 10.7 Å².